The third kappa shape index (κ3) is 4.40. The lowest BCUT2D eigenvalue weighted by atomic mass is 10.1. The van der Waals surface area contributed by atoms with Crippen molar-refractivity contribution in [3.8, 4) is 0 Å². The minimum Gasteiger partial charge on any atom is -0.390 e. The van der Waals surface area contributed by atoms with E-state index in [0.717, 1.165) is 12.1 Å². The largest absolute Gasteiger partial charge is 0.390 e. The lowest BCUT2D eigenvalue weighted by molar-refractivity contribution is 0.179. The van der Waals surface area contributed by atoms with Crippen molar-refractivity contribution < 1.29 is 5.11 Å². The van der Waals surface area contributed by atoms with E-state index in [-0.39, 0.29) is 6.54 Å². The second-order valence-corrected chi connectivity index (χ2v) is 3.54. The Labute approximate surface area is 90.3 Å². The fourth-order valence-electron chi connectivity index (χ4n) is 1.33. The molecule has 0 fully saturated rings. The van der Waals surface area contributed by atoms with Crippen LogP contribution in [0.3, 0.4) is 0 Å². The lowest BCUT2D eigenvalue weighted by Gasteiger charge is -2.09. The molecule has 84 valence electrons. The van der Waals surface area contributed by atoms with Crippen LogP contribution in [0, 0.1) is 0 Å². The van der Waals surface area contributed by atoms with Crippen LogP contribution in [0.15, 0.2) is 24.3 Å². The number of hydrogen-bond donors (Lipinski definition) is 4. The molecule has 0 aliphatic heterocycles. The molecule has 0 heterocycles. The third-order valence-corrected chi connectivity index (χ3v) is 2.21. The molecule has 1 unspecified atom stereocenters. The van der Waals surface area contributed by atoms with Gasteiger partial charge in [-0.15, -0.1) is 0 Å². The Balaban J connectivity index is 2.37. The maximum atomic E-state index is 9.23. The second kappa shape index (κ2) is 6.53. The molecule has 0 saturated carbocycles. The van der Waals surface area contributed by atoms with Gasteiger partial charge in [0.05, 0.1) is 6.10 Å². The molecule has 0 aliphatic carbocycles. The lowest BCUT2D eigenvalue weighted by Crippen LogP contribution is -2.32. The summed E-state index contributed by atoms with van der Waals surface area (Å²) >= 11 is 0. The average Bonchev–Trinajstić information content (AvgIpc) is 2.29. The zero-order chi connectivity index (χ0) is 11.1. The van der Waals surface area contributed by atoms with Crippen LogP contribution >= 0.6 is 0 Å². The van der Waals surface area contributed by atoms with Gasteiger partial charge in [-0.3, -0.25) is 0 Å². The Hall–Kier alpha value is -0.940. The molecule has 0 radical (unpaired) electrons. The predicted octanol–water partition coefficient (Wildman–Crippen LogP) is -0.445. The molecule has 0 bridgehead atoms. The van der Waals surface area contributed by atoms with Gasteiger partial charge in [0.25, 0.3) is 0 Å². The van der Waals surface area contributed by atoms with Gasteiger partial charge in [0, 0.05) is 26.2 Å². The predicted molar refractivity (Wildman–Crippen MR) is 61.1 cm³/mol. The van der Waals surface area contributed by atoms with Crippen molar-refractivity contribution in [3.63, 3.8) is 0 Å². The van der Waals surface area contributed by atoms with Crippen LogP contribution in [0.5, 0.6) is 0 Å². The molecule has 1 atom stereocenters. The number of aliphatic hydroxyl groups excluding tert-OH is 1. The maximum Gasteiger partial charge on any atom is 0.0786 e. The normalized spacial score (nSPS) is 12.7. The van der Waals surface area contributed by atoms with Crippen molar-refractivity contribution in [2.75, 3.05) is 13.1 Å². The summed E-state index contributed by atoms with van der Waals surface area (Å²) in [5.41, 5.74) is 13.1. The van der Waals surface area contributed by atoms with E-state index >= 15 is 0 Å². The molecular formula is C11H19N3O. The molecule has 1 aromatic carbocycles. The van der Waals surface area contributed by atoms with E-state index in [2.05, 4.69) is 11.4 Å². The smallest absolute Gasteiger partial charge is 0.0786 e. The van der Waals surface area contributed by atoms with Crippen LogP contribution in [0.4, 0.5) is 0 Å². The fourth-order valence-corrected chi connectivity index (χ4v) is 1.33. The van der Waals surface area contributed by atoms with Gasteiger partial charge < -0.3 is 21.9 Å². The molecule has 1 rings (SSSR count). The Bertz CT molecular complexity index is 291. The second-order valence-electron chi connectivity index (χ2n) is 3.54. The molecule has 0 amide bonds. The van der Waals surface area contributed by atoms with Crippen molar-refractivity contribution in [2.45, 2.75) is 19.2 Å². The summed E-state index contributed by atoms with van der Waals surface area (Å²) in [5.74, 6) is 0. The number of rotatable bonds is 6. The van der Waals surface area contributed by atoms with E-state index in [4.69, 9.17) is 11.5 Å². The van der Waals surface area contributed by atoms with Crippen LogP contribution in [0.2, 0.25) is 0 Å². The fraction of sp³-hybridized carbons (Fsp3) is 0.455. The first-order valence-electron chi connectivity index (χ1n) is 5.13. The van der Waals surface area contributed by atoms with Gasteiger partial charge in [0.15, 0.2) is 0 Å². The van der Waals surface area contributed by atoms with Crippen LogP contribution < -0.4 is 16.8 Å². The maximum absolute atomic E-state index is 9.23. The van der Waals surface area contributed by atoms with Gasteiger partial charge in [0.1, 0.15) is 0 Å². The van der Waals surface area contributed by atoms with Crippen LogP contribution in [0.1, 0.15) is 11.1 Å². The van der Waals surface area contributed by atoms with Crippen LogP contribution in [-0.4, -0.2) is 24.3 Å². The van der Waals surface area contributed by atoms with E-state index in [1.807, 2.05) is 18.2 Å². The highest BCUT2D eigenvalue weighted by Gasteiger charge is 2.00. The Kier molecular flexibility index (Phi) is 5.28. The SMILES string of the molecule is NCc1cccc(CNCC(O)CN)c1. The quantitative estimate of drug-likeness (QED) is 0.511. The monoisotopic (exact) mass is 209 g/mol. The topological polar surface area (TPSA) is 84.3 Å². The Morgan fingerprint density at radius 3 is 2.67 bits per heavy atom. The Morgan fingerprint density at radius 1 is 1.27 bits per heavy atom. The van der Waals surface area contributed by atoms with E-state index in [1.165, 1.54) is 5.56 Å². The van der Waals surface area contributed by atoms with E-state index < -0.39 is 6.10 Å². The number of aliphatic hydroxyl groups is 1. The van der Waals surface area contributed by atoms with Gasteiger partial charge >= 0.3 is 0 Å². The van der Waals surface area contributed by atoms with Crippen molar-refractivity contribution in [2.24, 2.45) is 11.5 Å². The van der Waals surface area contributed by atoms with Gasteiger partial charge in [-0.25, -0.2) is 0 Å². The molecule has 0 saturated heterocycles. The summed E-state index contributed by atoms with van der Waals surface area (Å²) in [5, 5.41) is 12.4. The molecule has 4 heteroatoms. The summed E-state index contributed by atoms with van der Waals surface area (Å²) in [6, 6.07) is 8.07. The summed E-state index contributed by atoms with van der Waals surface area (Å²) in [6.07, 6.45) is -0.470. The average molecular weight is 209 g/mol. The van der Waals surface area contributed by atoms with Gasteiger partial charge in [0.2, 0.25) is 0 Å². The molecule has 0 spiro atoms. The first kappa shape index (κ1) is 12.1. The van der Waals surface area contributed by atoms with Crippen molar-refractivity contribution in [1.29, 1.82) is 0 Å². The zero-order valence-corrected chi connectivity index (χ0v) is 8.82. The summed E-state index contributed by atoms with van der Waals surface area (Å²) < 4.78 is 0. The van der Waals surface area contributed by atoms with Crippen molar-refractivity contribution in [1.82, 2.24) is 5.32 Å². The van der Waals surface area contributed by atoms with Gasteiger partial charge in [-0.1, -0.05) is 24.3 Å². The van der Waals surface area contributed by atoms with Crippen molar-refractivity contribution >= 4 is 0 Å². The highest BCUT2D eigenvalue weighted by atomic mass is 16.3. The Morgan fingerprint density at radius 2 is 2.00 bits per heavy atom. The number of hydrogen-bond acceptors (Lipinski definition) is 4. The minimum absolute atomic E-state index is 0.288. The molecule has 0 aliphatic rings. The molecule has 1 aromatic rings. The first-order chi connectivity index (χ1) is 7.26. The third-order valence-electron chi connectivity index (χ3n) is 2.21. The standard InChI is InChI=1S/C11H19N3O/c12-5-9-2-1-3-10(4-9)7-14-8-11(15)6-13/h1-4,11,14-15H,5-8,12-13H2. The van der Waals surface area contributed by atoms with E-state index in [0.29, 0.717) is 13.1 Å². The van der Waals surface area contributed by atoms with Crippen LogP contribution in [0.25, 0.3) is 0 Å². The van der Waals surface area contributed by atoms with Crippen LogP contribution in [-0.2, 0) is 13.1 Å². The molecule has 6 N–H and O–H groups in total. The van der Waals surface area contributed by atoms with Gasteiger partial charge in [-0.2, -0.15) is 0 Å². The molecule has 15 heavy (non-hydrogen) atoms. The summed E-state index contributed by atoms with van der Waals surface area (Å²) in [7, 11) is 0. The first-order valence-corrected chi connectivity index (χ1v) is 5.13. The molecular weight excluding hydrogens is 190 g/mol. The highest BCUT2D eigenvalue weighted by Crippen LogP contribution is 2.03. The van der Waals surface area contributed by atoms with Crippen molar-refractivity contribution in [3.05, 3.63) is 35.4 Å². The number of nitrogens with one attached hydrogen (secondary N) is 1. The minimum atomic E-state index is -0.470. The summed E-state index contributed by atoms with van der Waals surface area (Å²) in [6.45, 7) is 2.09. The molecule has 4 nitrogen and oxygen atoms in total. The van der Waals surface area contributed by atoms with Gasteiger partial charge in [-0.05, 0) is 11.1 Å². The van der Waals surface area contributed by atoms with E-state index in [1.54, 1.807) is 0 Å². The zero-order valence-electron chi connectivity index (χ0n) is 8.82. The highest BCUT2D eigenvalue weighted by molar-refractivity contribution is 5.23. The number of nitrogens with two attached hydrogens (primary N) is 2. The van der Waals surface area contributed by atoms with E-state index in [9.17, 15) is 5.11 Å². The number of benzene rings is 1. The molecule has 0 aromatic heterocycles. The summed E-state index contributed by atoms with van der Waals surface area (Å²) in [4.78, 5) is 0.